The van der Waals surface area contributed by atoms with Gasteiger partial charge < -0.3 is 4.74 Å². The van der Waals surface area contributed by atoms with E-state index in [1.54, 1.807) is 18.2 Å². The molecule has 0 aliphatic rings. The lowest BCUT2D eigenvalue weighted by molar-refractivity contribution is 0.306. The summed E-state index contributed by atoms with van der Waals surface area (Å²) in [4.78, 5) is 0.211. The largest absolute Gasteiger partial charge is 0.489 e. The van der Waals surface area contributed by atoms with Crippen molar-refractivity contribution in [2.45, 2.75) is 11.5 Å². The molecule has 0 unspecified atom stereocenters. The molecular formula is C15H12FNO3S. The maximum absolute atomic E-state index is 13.2. The number of benzene rings is 2. The summed E-state index contributed by atoms with van der Waals surface area (Å²) in [6.07, 6.45) is 1.13. The van der Waals surface area contributed by atoms with Crippen molar-refractivity contribution in [3.8, 4) is 11.8 Å². The average Bonchev–Trinajstić information content (AvgIpc) is 2.46. The topological polar surface area (TPSA) is 67.2 Å². The first-order chi connectivity index (χ1) is 9.90. The van der Waals surface area contributed by atoms with Crippen LogP contribution in [-0.4, -0.2) is 14.7 Å². The van der Waals surface area contributed by atoms with Gasteiger partial charge in [0.25, 0.3) is 0 Å². The fraction of sp³-hybridized carbons (Fsp3) is 0.133. The summed E-state index contributed by atoms with van der Waals surface area (Å²) in [6.45, 7) is 0.160. The molecule has 4 nitrogen and oxygen atoms in total. The second-order valence-corrected chi connectivity index (χ2v) is 6.47. The first kappa shape index (κ1) is 15.0. The van der Waals surface area contributed by atoms with E-state index >= 15 is 0 Å². The van der Waals surface area contributed by atoms with Gasteiger partial charge in [0.1, 0.15) is 24.2 Å². The minimum absolute atomic E-state index is 0.0384. The van der Waals surface area contributed by atoms with Crippen LogP contribution in [0.5, 0.6) is 5.75 Å². The third-order valence-corrected chi connectivity index (χ3v) is 3.94. The van der Waals surface area contributed by atoms with Gasteiger partial charge in [-0.05, 0) is 42.0 Å². The summed E-state index contributed by atoms with van der Waals surface area (Å²) in [5.74, 6) is -0.0796. The molecule has 0 heterocycles. The molecule has 2 aromatic carbocycles. The molecule has 0 spiro atoms. The number of sulfone groups is 1. The molecule has 0 saturated carbocycles. The molecule has 21 heavy (non-hydrogen) atoms. The van der Waals surface area contributed by atoms with Crippen LogP contribution in [-0.2, 0) is 16.4 Å². The van der Waals surface area contributed by atoms with Crippen molar-refractivity contribution in [3.05, 3.63) is 59.4 Å². The van der Waals surface area contributed by atoms with Crippen LogP contribution in [0.3, 0.4) is 0 Å². The highest BCUT2D eigenvalue weighted by molar-refractivity contribution is 7.90. The monoisotopic (exact) mass is 305 g/mol. The van der Waals surface area contributed by atoms with Gasteiger partial charge in [0.05, 0.1) is 10.5 Å². The fourth-order valence-corrected chi connectivity index (χ4v) is 2.33. The minimum atomic E-state index is -3.23. The number of hydrogen-bond acceptors (Lipinski definition) is 4. The number of nitriles is 1. The highest BCUT2D eigenvalue weighted by Crippen LogP contribution is 2.18. The third kappa shape index (κ3) is 3.80. The SMILES string of the molecule is CS(=O)(=O)c1ccc(OCc2ccc(F)c(C#N)c2)cc1. The van der Waals surface area contributed by atoms with E-state index in [0.717, 1.165) is 6.26 Å². The van der Waals surface area contributed by atoms with Crippen LogP contribution in [0.1, 0.15) is 11.1 Å². The molecule has 0 aliphatic carbocycles. The summed E-state index contributed by atoms with van der Waals surface area (Å²) in [5, 5.41) is 8.75. The number of halogens is 1. The Balaban J connectivity index is 2.09. The van der Waals surface area contributed by atoms with Gasteiger partial charge in [-0.3, -0.25) is 0 Å². The second kappa shape index (κ2) is 5.94. The normalized spacial score (nSPS) is 10.9. The summed E-state index contributed by atoms with van der Waals surface area (Å²) in [5.41, 5.74) is 0.615. The predicted molar refractivity (Wildman–Crippen MR) is 75.0 cm³/mol. The van der Waals surface area contributed by atoms with Gasteiger partial charge >= 0.3 is 0 Å². The van der Waals surface area contributed by atoms with Crippen molar-refractivity contribution in [2.24, 2.45) is 0 Å². The van der Waals surface area contributed by atoms with E-state index in [0.29, 0.717) is 11.3 Å². The molecule has 0 aromatic heterocycles. The molecule has 0 atom stereocenters. The molecule has 0 fully saturated rings. The Morgan fingerprint density at radius 1 is 1.19 bits per heavy atom. The average molecular weight is 305 g/mol. The van der Waals surface area contributed by atoms with Crippen molar-refractivity contribution in [3.63, 3.8) is 0 Å². The molecule has 0 bridgehead atoms. The lowest BCUT2D eigenvalue weighted by Gasteiger charge is -2.07. The van der Waals surface area contributed by atoms with Crippen LogP contribution < -0.4 is 4.74 Å². The van der Waals surface area contributed by atoms with E-state index in [1.165, 1.54) is 30.3 Å². The molecule has 0 aliphatic heterocycles. The van der Waals surface area contributed by atoms with E-state index in [-0.39, 0.29) is 17.1 Å². The van der Waals surface area contributed by atoms with Crippen molar-refractivity contribution in [1.29, 1.82) is 5.26 Å². The molecule has 0 N–H and O–H groups in total. The Labute approximate surface area is 122 Å². The molecule has 108 valence electrons. The number of rotatable bonds is 4. The highest BCUT2D eigenvalue weighted by atomic mass is 32.2. The van der Waals surface area contributed by atoms with Gasteiger partial charge in [-0.1, -0.05) is 6.07 Å². The van der Waals surface area contributed by atoms with E-state index in [9.17, 15) is 12.8 Å². The lowest BCUT2D eigenvalue weighted by Crippen LogP contribution is -1.99. The smallest absolute Gasteiger partial charge is 0.175 e. The van der Waals surface area contributed by atoms with Crippen LogP contribution in [0.25, 0.3) is 0 Å². The van der Waals surface area contributed by atoms with Crippen LogP contribution in [0, 0.1) is 17.1 Å². The molecule has 2 rings (SSSR count). The third-order valence-electron chi connectivity index (χ3n) is 2.81. The van der Waals surface area contributed by atoms with Gasteiger partial charge in [0, 0.05) is 6.26 Å². The zero-order valence-electron chi connectivity index (χ0n) is 11.2. The lowest BCUT2D eigenvalue weighted by atomic mass is 10.1. The highest BCUT2D eigenvalue weighted by Gasteiger charge is 2.07. The van der Waals surface area contributed by atoms with E-state index in [1.807, 2.05) is 0 Å². The van der Waals surface area contributed by atoms with Crippen molar-refractivity contribution in [2.75, 3.05) is 6.26 Å². The van der Waals surface area contributed by atoms with E-state index in [2.05, 4.69) is 0 Å². The Morgan fingerprint density at radius 2 is 1.86 bits per heavy atom. The zero-order valence-corrected chi connectivity index (χ0v) is 12.0. The van der Waals surface area contributed by atoms with Crippen molar-refractivity contribution >= 4 is 9.84 Å². The van der Waals surface area contributed by atoms with Crippen LogP contribution in [0.15, 0.2) is 47.4 Å². The fourth-order valence-electron chi connectivity index (χ4n) is 1.70. The summed E-state index contributed by atoms with van der Waals surface area (Å²) in [6, 6.07) is 11.9. The van der Waals surface area contributed by atoms with Gasteiger partial charge in [-0.25, -0.2) is 12.8 Å². The summed E-state index contributed by atoms with van der Waals surface area (Å²) in [7, 11) is -3.23. The van der Waals surface area contributed by atoms with E-state index in [4.69, 9.17) is 10.00 Å². The molecule has 0 amide bonds. The van der Waals surface area contributed by atoms with Crippen LogP contribution >= 0.6 is 0 Å². The Bertz CT molecular complexity index is 793. The van der Waals surface area contributed by atoms with Crippen LogP contribution in [0.4, 0.5) is 4.39 Å². The first-order valence-corrected chi connectivity index (χ1v) is 7.91. The van der Waals surface area contributed by atoms with Gasteiger partial charge in [-0.15, -0.1) is 0 Å². The molecule has 0 radical (unpaired) electrons. The summed E-state index contributed by atoms with van der Waals surface area (Å²) < 4.78 is 41.3. The number of nitrogens with zero attached hydrogens (tertiary/aromatic N) is 1. The molecular weight excluding hydrogens is 293 g/mol. The van der Waals surface area contributed by atoms with E-state index < -0.39 is 15.7 Å². The standard InChI is InChI=1S/C15H12FNO3S/c1-21(18,19)14-5-3-13(4-6-14)20-10-11-2-7-15(16)12(8-11)9-17/h2-8H,10H2,1H3. The second-order valence-electron chi connectivity index (χ2n) is 4.46. The zero-order chi connectivity index (χ0) is 15.5. The Hall–Kier alpha value is -2.39. The molecule has 2 aromatic rings. The van der Waals surface area contributed by atoms with Crippen molar-refractivity contribution in [1.82, 2.24) is 0 Å². The quantitative estimate of drug-likeness (QED) is 0.871. The first-order valence-electron chi connectivity index (χ1n) is 6.01. The summed E-state index contributed by atoms with van der Waals surface area (Å²) >= 11 is 0. The van der Waals surface area contributed by atoms with Gasteiger partial charge in [0.2, 0.25) is 0 Å². The van der Waals surface area contributed by atoms with Crippen LogP contribution in [0.2, 0.25) is 0 Å². The maximum atomic E-state index is 13.2. The molecule has 0 saturated heterocycles. The van der Waals surface area contributed by atoms with Gasteiger partial charge in [0.15, 0.2) is 9.84 Å². The predicted octanol–water partition coefficient (Wildman–Crippen LogP) is 2.68. The maximum Gasteiger partial charge on any atom is 0.175 e. The van der Waals surface area contributed by atoms with Gasteiger partial charge in [-0.2, -0.15) is 5.26 Å². The Kier molecular flexibility index (Phi) is 4.24. The molecule has 6 heteroatoms. The number of ether oxygens (including phenoxy) is 1. The number of hydrogen-bond donors (Lipinski definition) is 0. The van der Waals surface area contributed by atoms with Crippen molar-refractivity contribution < 1.29 is 17.5 Å². The minimum Gasteiger partial charge on any atom is -0.489 e. The Morgan fingerprint density at radius 3 is 2.43 bits per heavy atom.